The normalized spacial score (nSPS) is 19.4. The number of carbonyl (C=O) groups is 2. The summed E-state index contributed by atoms with van der Waals surface area (Å²) in [5.41, 5.74) is 1.99. The van der Waals surface area contributed by atoms with Crippen LogP contribution in [0.2, 0.25) is 0 Å². The van der Waals surface area contributed by atoms with Gasteiger partial charge >= 0.3 is 0 Å². The van der Waals surface area contributed by atoms with E-state index in [0.717, 1.165) is 11.1 Å². The molecule has 1 N–H and O–H groups in total. The minimum Gasteiger partial charge on any atom is -0.493 e. The van der Waals surface area contributed by atoms with Gasteiger partial charge < -0.3 is 14.8 Å². The van der Waals surface area contributed by atoms with Crippen LogP contribution in [0, 0.1) is 0 Å². The summed E-state index contributed by atoms with van der Waals surface area (Å²) in [4.78, 5) is 28.9. The molecule has 0 saturated carbocycles. The molecule has 180 valence electrons. The van der Waals surface area contributed by atoms with E-state index in [2.05, 4.69) is 15.4 Å². The monoisotopic (exact) mass is 486 g/mol. The van der Waals surface area contributed by atoms with Gasteiger partial charge in [0.1, 0.15) is 12.3 Å². The third-order valence-corrected chi connectivity index (χ3v) is 7.45. The van der Waals surface area contributed by atoms with Crippen LogP contribution in [0.1, 0.15) is 30.4 Å². The lowest BCUT2D eigenvalue weighted by Gasteiger charge is -2.27. The highest BCUT2D eigenvalue weighted by Gasteiger charge is 2.37. The first kappa shape index (κ1) is 23.7. The second-order valence-corrected chi connectivity index (χ2v) is 10.4. The zero-order valence-electron chi connectivity index (χ0n) is 18.8. The molecule has 0 aliphatic carbocycles. The Morgan fingerprint density at radius 1 is 1.15 bits per heavy atom. The maximum atomic E-state index is 12.7. The predicted octanol–water partition coefficient (Wildman–Crippen LogP) is 1.45. The van der Waals surface area contributed by atoms with Gasteiger partial charge in [0.25, 0.3) is 5.91 Å². The predicted molar refractivity (Wildman–Crippen MR) is 124 cm³/mol. The van der Waals surface area contributed by atoms with Crippen LogP contribution in [-0.4, -0.2) is 60.6 Å². The lowest BCUT2D eigenvalue weighted by molar-refractivity contribution is -0.133. The number of sulfone groups is 1. The number of hydrogen-bond acceptors (Lipinski definition) is 8. The molecule has 1 aromatic carbocycles. The smallest absolute Gasteiger partial charge is 0.267 e. The van der Waals surface area contributed by atoms with Gasteiger partial charge in [-0.05, 0) is 41.8 Å². The molecule has 3 heterocycles. The Morgan fingerprint density at radius 2 is 1.94 bits per heavy atom. The van der Waals surface area contributed by atoms with Crippen LogP contribution in [0.3, 0.4) is 0 Å². The minimum absolute atomic E-state index is 0.0304. The Morgan fingerprint density at radius 3 is 2.65 bits per heavy atom. The van der Waals surface area contributed by atoms with E-state index < -0.39 is 21.8 Å². The van der Waals surface area contributed by atoms with Gasteiger partial charge in [-0.3, -0.25) is 14.6 Å². The van der Waals surface area contributed by atoms with Crippen molar-refractivity contribution in [3.63, 3.8) is 0 Å². The maximum Gasteiger partial charge on any atom is 0.267 e. The number of nitrogens with one attached hydrogen (secondary N) is 1. The topological polar surface area (TPSA) is 127 Å². The Labute approximate surface area is 197 Å². The number of hydrogen-bond donors (Lipinski definition) is 1. The highest BCUT2D eigenvalue weighted by molar-refractivity contribution is 7.91. The van der Waals surface area contributed by atoms with Crippen LogP contribution in [0.15, 0.2) is 47.8 Å². The molecule has 2 amide bonds. The summed E-state index contributed by atoms with van der Waals surface area (Å²) in [6.45, 7) is 0.594. The Balaban J connectivity index is 1.37. The lowest BCUT2D eigenvalue weighted by atomic mass is 10.1. The zero-order chi connectivity index (χ0) is 24.1. The number of aromatic nitrogens is 1. The minimum atomic E-state index is -3.17. The van der Waals surface area contributed by atoms with Crippen LogP contribution >= 0.6 is 0 Å². The standard InChI is InChI=1S/C23H26N4O6S/c1-32-21-12-17(2-4-20(21)33-14-16-6-9-24-10-7-16)13-25-23(29)19-3-5-22(28)27(26-19)18-8-11-34(30,31)15-18/h2,4,6-7,9-10,12,18H,3,5,8,11,13-15H2,1H3,(H,25,29). The van der Waals surface area contributed by atoms with Gasteiger partial charge in [-0.25, -0.2) is 13.4 Å². The van der Waals surface area contributed by atoms with Crippen molar-refractivity contribution in [3.05, 3.63) is 53.9 Å². The third kappa shape index (κ3) is 5.71. The molecule has 1 atom stereocenters. The molecule has 0 spiro atoms. The van der Waals surface area contributed by atoms with Crippen LogP contribution in [0.4, 0.5) is 0 Å². The molecular weight excluding hydrogens is 460 g/mol. The van der Waals surface area contributed by atoms with E-state index in [4.69, 9.17) is 9.47 Å². The number of amides is 2. The molecule has 10 nitrogen and oxygen atoms in total. The first-order chi connectivity index (χ1) is 16.3. The number of methoxy groups -OCH3 is 1. The van der Waals surface area contributed by atoms with Gasteiger partial charge in [0.2, 0.25) is 5.91 Å². The fourth-order valence-corrected chi connectivity index (χ4v) is 5.55. The average molecular weight is 487 g/mol. The molecule has 1 unspecified atom stereocenters. The molecule has 1 saturated heterocycles. The molecule has 34 heavy (non-hydrogen) atoms. The largest absolute Gasteiger partial charge is 0.493 e. The van der Waals surface area contributed by atoms with Crippen molar-refractivity contribution in [2.75, 3.05) is 18.6 Å². The van der Waals surface area contributed by atoms with E-state index in [9.17, 15) is 18.0 Å². The molecule has 2 aliphatic heterocycles. The molecular formula is C23H26N4O6S. The number of nitrogens with zero attached hydrogens (tertiary/aromatic N) is 3. The number of carbonyl (C=O) groups excluding carboxylic acids is 2. The van der Waals surface area contributed by atoms with Gasteiger partial charge in [-0.15, -0.1) is 0 Å². The Hall–Kier alpha value is -3.47. The summed E-state index contributed by atoms with van der Waals surface area (Å²) in [5, 5.41) is 8.19. The summed E-state index contributed by atoms with van der Waals surface area (Å²) in [7, 11) is -1.63. The van der Waals surface area contributed by atoms with Crippen molar-refractivity contribution in [2.45, 2.75) is 38.5 Å². The summed E-state index contributed by atoms with van der Waals surface area (Å²) in [5.74, 6) is 0.373. The van der Waals surface area contributed by atoms with E-state index in [1.54, 1.807) is 31.6 Å². The van der Waals surface area contributed by atoms with Crippen molar-refractivity contribution in [1.29, 1.82) is 0 Å². The zero-order valence-corrected chi connectivity index (χ0v) is 19.6. The average Bonchev–Trinajstić information content (AvgIpc) is 3.21. The lowest BCUT2D eigenvalue weighted by Crippen LogP contribution is -2.43. The highest BCUT2D eigenvalue weighted by atomic mass is 32.2. The molecule has 4 rings (SSSR count). The van der Waals surface area contributed by atoms with E-state index in [-0.39, 0.29) is 42.5 Å². The van der Waals surface area contributed by atoms with Crippen molar-refractivity contribution in [1.82, 2.24) is 15.3 Å². The highest BCUT2D eigenvalue weighted by Crippen LogP contribution is 2.29. The van der Waals surface area contributed by atoms with E-state index in [1.165, 1.54) is 5.01 Å². The molecule has 0 radical (unpaired) electrons. The van der Waals surface area contributed by atoms with Crippen molar-refractivity contribution < 1.29 is 27.5 Å². The maximum absolute atomic E-state index is 12.7. The number of ether oxygens (including phenoxy) is 2. The fraction of sp³-hybridized carbons (Fsp3) is 0.391. The van der Waals surface area contributed by atoms with Crippen molar-refractivity contribution in [3.8, 4) is 11.5 Å². The SMILES string of the molecule is COc1cc(CNC(=O)C2=NN(C3CCS(=O)(=O)C3)C(=O)CC2)ccc1OCc1ccncc1. The number of rotatable bonds is 8. The summed E-state index contributed by atoms with van der Waals surface area (Å²) < 4.78 is 34.8. The first-order valence-electron chi connectivity index (χ1n) is 10.9. The molecule has 0 bridgehead atoms. The second-order valence-electron chi connectivity index (χ2n) is 8.15. The van der Waals surface area contributed by atoms with Crippen molar-refractivity contribution >= 4 is 27.4 Å². The Bertz CT molecular complexity index is 1200. The van der Waals surface area contributed by atoms with Crippen molar-refractivity contribution in [2.24, 2.45) is 5.10 Å². The Kier molecular flexibility index (Phi) is 7.11. The third-order valence-electron chi connectivity index (χ3n) is 5.70. The van der Waals surface area contributed by atoms with E-state index >= 15 is 0 Å². The molecule has 2 aliphatic rings. The molecule has 2 aromatic rings. The summed E-state index contributed by atoms with van der Waals surface area (Å²) in [6.07, 6.45) is 4.07. The summed E-state index contributed by atoms with van der Waals surface area (Å²) >= 11 is 0. The van der Waals surface area contributed by atoms with Gasteiger partial charge in [-0.2, -0.15) is 5.10 Å². The van der Waals surface area contributed by atoms with Crippen LogP contribution in [0.25, 0.3) is 0 Å². The van der Waals surface area contributed by atoms with Gasteiger partial charge in [0.15, 0.2) is 21.3 Å². The first-order valence-corrected chi connectivity index (χ1v) is 12.7. The number of hydrazone groups is 1. The van der Waals surface area contributed by atoms with Crippen LogP contribution in [-0.2, 0) is 32.6 Å². The number of pyridine rings is 1. The van der Waals surface area contributed by atoms with E-state index in [1.807, 2.05) is 18.2 Å². The van der Waals surface area contributed by atoms with Crippen LogP contribution < -0.4 is 14.8 Å². The fourth-order valence-electron chi connectivity index (χ4n) is 3.85. The van der Waals surface area contributed by atoms with Gasteiger partial charge in [-0.1, -0.05) is 6.07 Å². The van der Waals surface area contributed by atoms with Gasteiger partial charge in [0, 0.05) is 31.8 Å². The molecule has 11 heteroatoms. The second kappa shape index (κ2) is 10.2. The molecule has 1 fully saturated rings. The molecule has 1 aromatic heterocycles. The van der Waals surface area contributed by atoms with Crippen LogP contribution in [0.5, 0.6) is 11.5 Å². The number of benzene rings is 1. The van der Waals surface area contributed by atoms with E-state index in [0.29, 0.717) is 24.5 Å². The van der Waals surface area contributed by atoms with Gasteiger partial charge in [0.05, 0.1) is 24.7 Å². The quantitative estimate of drug-likeness (QED) is 0.598. The summed E-state index contributed by atoms with van der Waals surface area (Å²) in [6, 6.07) is 8.61.